The van der Waals surface area contributed by atoms with Gasteiger partial charge >= 0.3 is 11.9 Å². The molecule has 3 aliphatic rings. The van der Waals surface area contributed by atoms with E-state index < -0.39 is 10.8 Å². The van der Waals surface area contributed by atoms with E-state index in [1.54, 1.807) is 0 Å². The minimum atomic E-state index is -0.494. The Morgan fingerprint density at radius 2 is 0.941 bits per heavy atom. The highest BCUT2D eigenvalue weighted by Crippen LogP contribution is 3.02. The van der Waals surface area contributed by atoms with Gasteiger partial charge < -0.3 is 9.47 Å². The monoisotopic (exact) mass is 456 g/mol. The van der Waals surface area contributed by atoms with Gasteiger partial charge in [0.2, 0.25) is 0 Å². The second-order valence-corrected chi connectivity index (χ2v) is 10.3. The summed E-state index contributed by atoms with van der Waals surface area (Å²) in [6.07, 6.45) is 0. The summed E-state index contributed by atoms with van der Waals surface area (Å²) in [4.78, 5) is 26.4. The normalized spacial score (nSPS) is 31.7. The third kappa shape index (κ3) is 2.54. The standard InChI is InChI=1S/C30H32O4/c1-17(2)21(19-13-9-7-10-14-19)29-23(25(29)27(31)33-5)24-26(28(32)34-6)30(24,29)22(18(3)4)20-15-11-8-12-16-20/h7-16,23-26H,1-6H3/t23-,24-,25+,26+,29-,30-/m0/s1. The van der Waals surface area contributed by atoms with Gasteiger partial charge in [-0.05, 0) is 61.8 Å². The molecular formula is C30H32O4. The average Bonchev–Trinajstić information content (AvgIpc) is 3.66. The molecule has 0 amide bonds. The number of methoxy groups -OCH3 is 2. The fourth-order valence-corrected chi connectivity index (χ4v) is 7.85. The summed E-state index contributed by atoms with van der Waals surface area (Å²) in [5, 5.41) is 0. The first-order valence-corrected chi connectivity index (χ1v) is 11.9. The van der Waals surface area contributed by atoms with Gasteiger partial charge in [0.25, 0.3) is 0 Å². The Hall–Kier alpha value is -3.14. The van der Waals surface area contributed by atoms with E-state index in [0.717, 1.165) is 22.3 Å². The zero-order valence-electron chi connectivity index (χ0n) is 20.7. The molecule has 6 atom stereocenters. The number of fused-ring (bicyclic) bond motifs is 4. The number of hydrogen-bond donors (Lipinski definition) is 0. The molecule has 0 radical (unpaired) electrons. The molecule has 34 heavy (non-hydrogen) atoms. The van der Waals surface area contributed by atoms with Crippen molar-refractivity contribution in [1.82, 2.24) is 0 Å². The van der Waals surface area contributed by atoms with E-state index in [0.29, 0.717) is 0 Å². The summed E-state index contributed by atoms with van der Waals surface area (Å²) >= 11 is 0. The largest absolute Gasteiger partial charge is 0.469 e. The first-order chi connectivity index (χ1) is 16.3. The zero-order valence-corrected chi connectivity index (χ0v) is 20.7. The Kier molecular flexibility index (Phi) is 5.12. The molecule has 0 aromatic heterocycles. The lowest BCUT2D eigenvalue weighted by molar-refractivity contribution is -0.145. The van der Waals surface area contributed by atoms with E-state index in [4.69, 9.17) is 9.47 Å². The van der Waals surface area contributed by atoms with Crippen LogP contribution in [0, 0.1) is 34.5 Å². The molecule has 0 heterocycles. The van der Waals surface area contributed by atoms with Crippen LogP contribution in [0.2, 0.25) is 0 Å². The molecule has 0 unspecified atom stereocenters. The number of ether oxygens (including phenoxy) is 2. The van der Waals surface area contributed by atoms with E-state index in [9.17, 15) is 9.59 Å². The predicted molar refractivity (Wildman–Crippen MR) is 132 cm³/mol. The SMILES string of the molecule is COC(=O)[C@H]1[C@@H]2[C@H]3[C@H](C(=O)OC)[C@@]3(C(=C(C)C)c3ccccc3)[C@@]21C(=C(C)C)c1ccccc1. The summed E-state index contributed by atoms with van der Waals surface area (Å²) in [6, 6.07) is 20.6. The van der Waals surface area contributed by atoms with Crippen LogP contribution in [-0.4, -0.2) is 26.2 Å². The summed E-state index contributed by atoms with van der Waals surface area (Å²) in [6.45, 7) is 8.45. The molecule has 0 N–H and O–H groups in total. The van der Waals surface area contributed by atoms with Crippen molar-refractivity contribution >= 4 is 23.1 Å². The smallest absolute Gasteiger partial charge is 0.309 e. The highest BCUT2D eigenvalue weighted by Gasteiger charge is 3.03. The second-order valence-electron chi connectivity index (χ2n) is 10.3. The lowest BCUT2D eigenvalue weighted by Crippen LogP contribution is -2.36. The quantitative estimate of drug-likeness (QED) is 0.516. The maximum absolute atomic E-state index is 13.2. The lowest BCUT2D eigenvalue weighted by atomic mass is 9.59. The summed E-state index contributed by atoms with van der Waals surface area (Å²) in [5.41, 5.74) is 5.89. The Morgan fingerprint density at radius 3 is 1.21 bits per heavy atom. The van der Waals surface area contributed by atoms with Crippen LogP contribution in [0.5, 0.6) is 0 Å². The van der Waals surface area contributed by atoms with E-state index in [-0.39, 0.29) is 35.6 Å². The van der Waals surface area contributed by atoms with Gasteiger partial charge in [-0.2, -0.15) is 0 Å². The Morgan fingerprint density at radius 1 is 0.618 bits per heavy atom. The number of carbonyl (C=O) groups excluding carboxylic acids is 2. The zero-order chi connectivity index (χ0) is 24.4. The van der Waals surface area contributed by atoms with Gasteiger partial charge in [-0.3, -0.25) is 9.59 Å². The molecular weight excluding hydrogens is 424 g/mol. The van der Waals surface area contributed by atoms with Gasteiger partial charge in [0.1, 0.15) is 0 Å². The predicted octanol–water partition coefficient (Wildman–Crippen LogP) is 5.80. The minimum Gasteiger partial charge on any atom is -0.469 e. The Bertz CT molecular complexity index is 1120. The molecule has 3 saturated carbocycles. The number of allylic oxidation sites excluding steroid dienone is 4. The van der Waals surface area contributed by atoms with E-state index in [2.05, 4.69) is 52.0 Å². The fraction of sp³-hybridized carbons (Fsp3) is 0.400. The molecule has 3 fully saturated rings. The summed E-state index contributed by atoms with van der Waals surface area (Å²) in [5.74, 6) is -0.787. The van der Waals surface area contributed by atoms with Gasteiger partial charge in [-0.25, -0.2) is 0 Å². The number of carbonyl (C=O) groups is 2. The van der Waals surface area contributed by atoms with Gasteiger partial charge in [-0.15, -0.1) is 0 Å². The molecule has 2 aromatic rings. The molecule has 0 aliphatic heterocycles. The van der Waals surface area contributed by atoms with Crippen LogP contribution < -0.4 is 0 Å². The maximum atomic E-state index is 13.2. The molecule has 0 bridgehead atoms. The molecule has 4 nitrogen and oxygen atoms in total. The van der Waals surface area contributed by atoms with Crippen molar-refractivity contribution in [2.75, 3.05) is 14.2 Å². The molecule has 5 rings (SSSR count). The first kappa shape index (κ1) is 22.6. The van der Waals surface area contributed by atoms with Gasteiger partial charge in [0, 0.05) is 10.8 Å². The van der Waals surface area contributed by atoms with Crippen LogP contribution in [0.1, 0.15) is 38.8 Å². The number of hydrogen-bond acceptors (Lipinski definition) is 4. The van der Waals surface area contributed by atoms with Crippen molar-refractivity contribution < 1.29 is 19.1 Å². The molecule has 3 aliphatic carbocycles. The van der Waals surface area contributed by atoms with Crippen LogP contribution >= 0.6 is 0 Å². The number of benzene rings is 2. The highest BCUT2D eigenvalue weighted by molar-refractivity contribution is 6.02. The van der Waals surface area contributed by atoms with Gasteiger partial charge in [0.15, 0.2) is 0 Å². The molecule has 0 spiro atoms. The van der Waals surface area contributed by atoms with Crippen LogP contribution in [0.4, 0.5) is 0 Å². The van der Waals surface area contributed by atoms with Gasteiger partial charge in [-0.1, -0.05) is 71.8 Å². The fourth-order valence-electron chi connectivity index (χ4n) is 7.85. The molecule has 0 saturated heterocycles. The second kappa shape index (κ2) is 7.69. The molecule has 2 aromatic carbocycles. The molecule has 176 valence electrons. The Labute approximate surface area is 201 Å². The topological polar surface area (TPSA) is 52.6 Å². The number of rotatable bonds is 6. The van der Waals surface area contributed by atoms with E-state index >= 15 is 0 Å². The van der Waals surface area contributed by atoms with E-state index in [1.807, 2.05) is 36.4 Å². The van der Waals surface area contributed by atoms with Crippen LogP contribution in [0.25, 0.3) is 11.1 Å². The Balaban J connectivity index is 1.81. The minimum absolute atomic E-state index is 0.0622. The van der Waals surface area contributed by atoms with Crippen LogP contribution in [0.15, 0.2) is 71.8 Å². The van der Waals surface area contributed by atoms with Crippen molar-refractivity contribution in [1.29, 1.82) is 0 Å². The highest BCUT2D eigenvalue weighted by atomic mass is 16.5. The third-order valence-electron chi connectivity index (χ3n) is 8.47. The lowest BCUT2D eigenvalue weighted by Gasteiger charge is -2.42. The van der Waals surface area contributed by atoms with E-state index in [1.165, 1.54) is 25.4 Å². The summed E-state index contributed by atoms with van der Waals surface area (Å²) < 4.78 is 10.7. The summed E-state index contributed by atoms with van der Waals surface area (Å²) in [7, 11) is 2.93. The van der Waals surface area contributed by atoms with Crippen molar-refractivity contribution in [3.8, 4) is 0 Å². The average molecular weight is 457 g/mol. The van der Waals surface area contributed by atoms with Crippen LogP contribution in [-0.2, 0) is 19.1 Å². The molecule has 4 heteroatoms. The third-order valence-corrected chi connectivity index (χ3v) is 8.47. The number of esters is 2. The van der Waals surface area contributed by atoms with Crippen molar-refractivity contribution in [3.63, 3.8) is 0 Å². The van der Waals surface area contributed by atoms with Gasteiger partial charge in [0.05, 0.1) is 26.1 Å². The first-order valence-electron chi connectivity index (χ1n) is 11.9. The maximum Gasteiger partial charge on any atom is 0.309 e. The van der Waals surface area contributed by atoms with Crippen molar-refractivity contribution in [3.05, 3.63) is 82.9 Å². The van der Waals surface area contributed by atoms with Crippen LogP contribution in [0.3, 0.4) is 0 Å². The van der Waals surface area contributed by atoms with Crippen molar-refractivity contribution in [2.45, 2.75) is 27.7 Å². The van der Waals surface area contributed by atoms with Crippen molar-refractivity contribution in [2.24, 2.45) is 34.5 Å².